The molecule has 1 amide bonds. The number of hydrogen-bond donors (Lipinski definition) is 3. The molecular formula is C16H18N4O. The second kappa shape index (κ2) is 5.44. The van der Waals surface area contributed by atoms with Crippen molar-refractivity contribution in [3.05, 3.63) is 42.5 Å². The number of amides is 1. The van der Waals surface area contributed by atoms with Gasteiger partial charge in [0.25, 0.3) is 5.91 Å². The summed E-state index contributed by atoms with van der Waals surface area (Å²) in [5.41, 5.74) is 3.46. The molecule has 1 atom stereocenters. The van der Waals surface area contributed by atoms with Crippen molar-refractivity contribution in [3.8, 4) is 11.1 Å². The van der Waals surface area contributed by atoms with Crippen LogP contribution in [-0.2, 0) is 0 Å². The lowest BCUT2D eigenvalue weighted by molar-refractivity contribution is 0.0935. The minimum absolute atomic E-state index is 0.0741. The fraction of sp³-hybridized carbons (Fsp3) is 0.250. The van der Waals surface area contributed by atoms with Crippen molar-refractivity contribution in [2.45, 2.75) is 26.3 Å². The van der Waals surface area contributed by atoms with Crippen LogP contribution in [0.5, 0.6) is 0 Å². The summed E-state index contributed by atoms with van der Waals surface area (Å²) in [5.74, 6) is -0.0741. The van der Waals surface area contributed by atoms with Gasteiger partial charge >= 0.3 is 0 Å². The van der Waals surface area contributed by atoms with Gasteiger partial charge in [-0.1, -0.05) is 6.92 Å². The normalized spacial score (nSPS) is 12.5. The van der Waals surface area contributed by atoms with Crippen LogP contribution in [0.1, 0.15) is 30.8 Å². The Morgan fingerprint density at radius 1 is 1.38 bits per heavy atom. The Kier molecular flexibility index (Phi) is 3.48. The molecule has 0 radical (unpaired) electrons. The van der Waals surface area contributed by atoms with Gasteiger partial charge in [-0.25, -0.2) is 4.98 Å². The first-order valence-electron chi connectivity index (χ1n) is 7.10. The molecule has 21 heavy (non-hydrogen) atoms. The molecule has 0 unspecified atom stereocenters. The van der Waals surface area contributed by atoms with Gasteiger partial charge < -0.3 is 15.3 Å². The first-order chi connectivity index (χ1) is 10.2. The molecule has 3 heterocycles. The predicted molar refractivity (Wildman–Crippen MR) is 83.1 cm³/mol. The molecule has 0 spiro atoms. The van der Waals surface area contributed by atoms with E-state index in [0.717, 1.165) is 28.6 Å². The Hall–Kier alpha value is -2.56. The smallest absolute Gasteiger partial charge is 0.267 e. The maximum Gasteiger partial charge on any atom is 0.267 e. The number of carbonyl (C=O) groups is 1. The monoisotopic (exact) mass is 282 g/mol. The number of rotatable bonds is 4. The Morgan fingerprint density at radius 2 is 2.24 bits per heavy atom. The van der Waals surface area contributed by atoms with Gasteiger partial charge in [0, 0.05) is 35.6 Å². The second-order valence-electron chi connectivity index (χ2n) is 5.18. The Morgan fingerprint density at radius 3 is 3.05 bits per heavy atom. The van der Waals surface area contributed by atoms with Crippen molar-refractivity contribution in [3.63, 3.8) is 0 Å². The maximum absolute atomic E-state index is 12.1. The number of fused-ring (bicyclic) bond motifs is 1. The summed E-state index contributed by atoms with van der Waals surface area (Å²) in [6, 6.07) is 5.99. The molecule has 5 nitrogen and oxygen atoms in total. The minimum atomic E-state index is -0.0741. The fourth-order valence-corrected chi connectivity index (χ4v) is 2.30. The summed E-state index contributed by atoms with van der Waals surface area (Å²) in [5, 5.41) is 4.00. The van der Waals surface area contributed by atoms with Crippen LogP contribution in [0.15, 0.2) is 36.8 Å². The summed E-state index contributed by atoms with van der Waals surface area (Å²) < 4.78 is 0. The van der Waals surface area contributed by atoms with Crippen LogP contribution in [0, 0.1) is 0 Å². The molecule has 0 aliphatic carbocycles. The Bertz CT molecular complexity index is 771. The lowest BCUT2D eigenvalue weighted by atomic mass is 10.1. The average Bonchev–Trinajstić information content (AvgIpc) is 3.15. The van der Waals surface area contributed by atoms with E-state index in [4.69, 9.17) is 0 Å². The van der Waals surface area contributed by atoms with Crippen molar-refractivity contribution < 1.29 is 4.79 Å². The highest BCUT2D eigenvalue weighted by Crippen LogP contribution is 2.27. The zero-order chi connectivity index (χ0) is 14.8. The maximum atomic E-state index is 12.1. The Balaban J connectivity index is 1.91. The van der Waals surface area contributed by atoms with E-state index in [1.165, 1.54) is 0 Å². The van der Waals surface area contributed by atoms with E-state index in [1.54, 1.807) is 6.20 Å². The molecule has 0 fully saturated rings. The molecule has 3 N–H and O–H groups in total. The Labute approximate surface area is 122 Å². The quantitative estimate of drug-likeness (QED) is 0.688. The summed E-state index contributed by atoms with van der Waals surface area (Å²) >= 11 is 0. The lowest BCUT2D eigenvalue weighted by Gasteiger charge is -2.09. The van der Waals surface area contributed by atoms with E-state index in [0.29, 0.717) is 5.69 Å². The summed E-state index contributed by atoms with van der Waals surface area (Å²) in [7, 11) is 0. The predicted octanol–water partition coefficient (Wildman–Crippen LogP) is 3.09. The fourth-order valence-electron chi connectivity index (χ4n) is 2.30. The van der Waals surface area contributed by atoms with Gasteiger partial charge in [-0.05, 0) is 37.1 Å². The van der Waals surface area contributed by atoms with E-state index >= 15 is 0 Å². The average molecular weight is 282 g/mol. The number of nitrogens with zero attached hydrogens (tertiary/aromatic N) is 1. The van der Waals surface area contributed by atoms with E-state index in [-0.39, 0.29) is 11.9 Å². The molecule has 0 saturated carbocycles. The van der Waals surface area contributed by atoms with Crippen LogP contribution in [0.25, 0.3) is 22.2 Å². The molecule has 0 aliphatic rings. The van der Waals surface area contributed by atoms with Crippen LogP contribution < -0.4 is 5.32 Å². The number of hydrogen-bond acceptors (Lipinski definition) is 2. The van der Waals surface area contributed by atoms with E-state index < -0.39 is 0 Å². The lowest BCUT2D eigenvalue weighted by Crippen LogP contribution is -2.32. The molecule has 0 aromatic carbocycles. The van der Waals surface area contributed by atoms with Gasteiger partial charge in [-0.15, -0.1) is 0 Å². The molecule has 0 saturated heterocycles. The highest BCUT2D eigenvalue weighted by molar-refractivity contribution is 5.97. The summed E-state index contributed by atoms with van der Waals surface area (Å²) in [6.45, 7) is 4.04. The van der Waals surface area contributed by atoms with Gasteiger partial charge in [0.15, 0.2) is 0 Å². The summed E-state index contributed by atoms with van der Waals surface area (Å²) in [4.78, 5) is 22.5. The molecule has 0 aliphatic heterocycles. The highest BCUT2D eigenvalue weighted by Gasteiger charge is 2.13. The number of nitrogens with one attached hydrogen (secondary N) is 3. The third kappa shape index (κ3) is 2.54. The van der Waals surface area contributed by atoms with Crippen molar-refractivity contribution in [1.29, 1.82) is 0 Å². The van der Waals surface area contributed by atoms with Gasteiger partial charge in [0.2, 0.25) is 0 Å². The first-order valence-corrected chi connectivity index (χ1v) is 7.10. The van der Waals surface area contributed by atoms with Gasteiger partial charge in [-0.3, -0.25) is 4.79 Å². The van der Waals surface area contributed by atoms with Crippen molar-refractivity contribution in [1.82, 2.24) is 20.3 Å². The molecule has 5 heteroatoms. The standard InChI is InChI=1S/C16H18N4O/c1-3-10(2)20-16(21)14-8-11(9-19-14)12-4-6-17-15-13(12)5-7-18-15/h4-10,19H,3H2,1-2H3,(H,17,18)(H,20,21)/t10-/m1/s1. The number of pyridine rings is 1. The van der Waals surface area contributed by atoms with Crippen LogP contribution in [0.2, 0.25) is 0 Å². The molecular weight excluding hydrogens is 264 g/mol. The zero-order valence-corrected chi connectivity index (χ0v) is 12.1. The highest BCUT2D eigenvalue weighted by atomic mass is 16.1. The van der Waals surface area contributed by atoms with Crippen LogP contribution in [0.4, 0.5) is 0 Å². The second-order valence-corrected chi connectivity index (χ2v) is 5.18. The van der Waals surface area contributed by atoms with Crippen LogP contribution in [0.3, 0.4) is 0 Å². The SMILES string of the molecule is CC[C@@H](C)NC(=O)c1cc(-c2ccnc3[nH]ccc23)c[nH]1. The van der Waals surface area contributed by atoms with Crippen LogP contribution in [-0.4, -0.2) is 26.9 Å². The van der Waals surface area contributed by atoms with E-state index in [9.17, 15) is 4.79 Å². The molecule has 3 aromatic rings. The van der Waals surface area contributed by atoms with Gasteiger partial charge in [0.05, 0.1) is 0 Å². The molecule has 0 bridgehead atoms. The van der Waals surface area contributed by atoms with E-state index in [1.807, 2.05) is 44.4 Å². The largest absolute Gasteiger partial charge is 0.357 e. The van der Waals surface area contributed by atoms with Crippen molar-refractivity contribution in [2.24, 2.45) is 0 Å². The summed E-state index contributed by atoms with van der Waals surface area (Å²) in [6.07, 6.45) is 6.39. The number of aromatic amines is 2. The molecule has 108 valence electrons. The van der Waals surface area contributed by atoms with Crippen molar-refractivity contribution in [2.75, 3.05) is 0 Å². The molecule has 3 rings (SSSR count). The van der Waals surface area contributed by atoms with Gasteiger partial charge in [-0.2, -0.15) is 0 Å². The van der Waals surface area contributed by atoms with E-state index in [2.05, 4.69) is 20.3 Å². The molecule has 3 aromatic heterocycles. The minimum Gasteiger partial charge on any atom is -0.357 e. The third-order valence-corrected chi connectivity index (χ3v) is 3.69. The third-order valence-electron chi connectivity index (χ3n) is 3.69. The van der Waals surface area contributed by atoms with Crippen LogP contribution >= 0.6 is 0 Å². The first kappa shape index (κ1) is 13.4. The number of carbonyl (C=O) groups excluding carboxylic acids is 1. The zero-order valence-electron chi connectivity index (χ0n) is 12.1. The number of H-pyrrole nitrogens is 2. The van der Waals surface area contributed by atoms with Gasteiger partial charge in [0.1, 0.15) is 11.3 Å². The topological polar surface area (TPSA) is 73.6 Å². The number of aromatic nitrogens is 3. The van der Waals surface area contributed by atoms with Crippen molar-refractivity contribution >= 4 is 16.9 Å².